The molecule has 0 spiro atoms. The van der Waals surface area contributed by atoms with Crippen LogP contribution in [0.1, 0.15) is 20.8 Å². The molecule has 1 fully saturated rings. The fraction of sp³-hybridized carbons (Fsp3) is 0.571. The predicted octanol–water partition coefficient (Wildman–Crippen LogP) is -0.676. The summed E-state index contributed by atoms with van der Waals surface area (Å²) in [5.41, 5.74) is -1.09. The summed E-state index contributed by atoms with van der Waals surface area (Å²) < 4.78 is 5.08. The minimum Gasteiger partial charge on any atom is -0.444 e. The normalized spacial score (nSPS) is 19.2. The van der Waals surface area contributed by atoms with Crippen LogP contribution in [0.3, 0.4) is 0 Å². The number of hydrogen-bond acceptors (Lipinski definition) is 10. The topological polar surface area (TPSA) is 170 Å². The highest BCUT2D eigenvalue weighted by molar-refractivity contribution is 5.69. The summed E-state index contributed by atoms with van der Waals surface area (Å²) in [5.74, 6) is -6.32. The van der Waals surface area contributed by atoms with Gasteiger partial charge in [0.05, 0.1) is 18.8 Å². The van der Waals surface area contributed by atoms with Gasteiger partial charge in [0.1, 0.15) is 5.60 Å². The molecule has 26 heavy (non-hydrogen) atoms. The van der Waals surface area contributed by atoms with Crippen molar-refractivity contribution in [3.05, 3.63) is 28.4 Å². The number of rotatable bonds is 2. The highest BCUT2D eigenvalue weighted by Crippen LogP contribution is 2.33. The number of hydrogen-bond donors (Lipinski definition) is 4. The van der Waals surface area contributed by atoms with Crippen LogP contribution < -0.4 is 4.90 Å². The lowest BCUT2D eigenvalue weighted by molar-refractivity contribution is -0.389. The SMILES string of the molecule is CC(C)(C)OC(=O)N1CC(O)(O)N(c2ccc([N+](=O)[O-])nc2)C(O)(O)C1. The molecule has 1 aliphatic rings. The Labute approximate surface area is 148 Å². The maximum absolute atomic E-state index is 12.1. The van der Waals surface area contributed by atoms with E-state index in [0.29, 0.717) is 4.90 Å². The maximum Gasteiger partial charge on any atom is 0.410 e. The Morgan fingerprint density at radius 2 is 1.77 bits per heavy atom. The Kier molecular flexibility index (Phi) is 4.81. The third-order valence-electron chi connectivity index (χ3n) is 3.35. The number of β-amino-alcohol motifs (C(OH)–C–C–N with tert-alkyl or cyclic N) is 4. The van der Waals surface area contributed by atoms with Crippen molar-refractivity contribution in [2.24, 2.45) is 0 Å². The number of ether oxygens (including phenoxy) is 1. The summed E-state index contributed by atoms with van der Waals surface area (Å²) in [6.07, 6.45) is -0.0946. The van der Waals surface area contributed by atoms with Crippen molar-refractivity contribution in [3.8, 4) is 0 Å². The Balaban J connectivity index is 2.30. The van der Waals surface area contributed by atoms with Crippen molar-refractivity contribution in [2.75, 3.05) is 18.0 Å². The highest BCUT2D eigenvalue weighted by atomic mass is 16.6. The van der Waals surface area contributed by atoms with Crippen molar-refractivity contribution < 1.29 is 34.9 Å². The van der Waals surface area contributed by atoms with Gasteiger partial charge < -0.3 is 35.3 Å². The van der Waals surface area contributed by atoms with E-state index in [-0.39, 0.29) is 5.69 Å². The molecule has 0 bridgehead atoms. The van der Waals surface area contributed by atoms with Crippen LogP contribution in [0.4, 0.5) is 16.3 Å². The summed E-state index contributed by atoms with van der Waals surface area (Å²) in [6, 6.07) is 2.03. The third-order valence-corrected chi connectivity index (χ3v) is 3.35. The first kappa shape index (κ1) is 19.8. The zero-order valence-corrected chi connectivity index (χ0v) is 14.4. The minimum atomic E-state index is -2.91. The summed E-state index contributed by atoms with van der Waals surface area (Å²) in [4.78, 5) is 26.6. The molecule has 1 aliphatic heterocycles. The van der Waals surface area contributed by atoms with Crippen molar-refractivity contribution in [1.82, 2.24) is 9.88 Å². The average Bonchev–Trinajstić information content (AvgIpc) is 2.43. The van der Waals surface area contributed by atoms with Crippen molar-refractivity contribution in [2.45, 2.75) is 38.2 Å². The van der Waals surface area contributed by atoms with Gasteiger partial charge in [0.2, 0.25) is 0 Å². The Morgan fingerprint density at radius 1 is 1.23 bits per heavy atom. The number of pyridine rings is 1. The second-order valence-electron chi connectivity index (χ2n) is 6.85. The molecule has 12 nitrogen and oxygen atoms in total. The molecule has 0 aliphatic carbocycles. The third kappa shape index (κ3) is 4.16. The van der Waals surface area contributed by atoms with E-state index >= 15 is 0 Å². The van der Waals surface area contributed by atoms with E-state index in [4.69, 9.17) is 4.74 Å². The first-order valence-electron chi connectivity index (χ1n) is 7.51. The lowest BCUT2D eigenvalue weighted by atomic mass is 10.1. The van der Waals surface area contributed by atoms with Crippen LogP contribution in [-0.2, 0) is 4.74 Å². The molecule has 0 saturated carbocycles. The van der Waals surface area contributed by atoms with Crippen LogP contribution in [0.15, 0.2) is 18.3 Å². The molecular weight excluding hydrogens is 352 g/mol. The molecule has 1 saturated heterocycles. The summed E-state index contributed by atoms with van der Waals surface area (Å²) in [7, 11) is 0. The van der Waals surface area contributed by atoms with Gasteiger partial charge in [-0.15, -0.1) is 0 Å². The zero-order valence-electron chi connectivity index (χ0n) is 14.4. The monoisotopic (exact) mass is 372 g/mol. The largest absolute Gasteiger partial charge is 0.444 e. The Hall–Kier alpha value is -2.54. The van der Waals surface area contributed by atoms with E-state index in [0.717, 1.165) is 23.2 Å². The van der Waals surface area contributed by atoms with Crippen molar-refractivity contribution in [1.29, 1.82) is 0 Å². The van der Waals surface area contributed by atoms with Crippen LogP contribution in [0.25, 0.3) is 0 Å². The van der Waals surface area contributed by atoms with Crippen LogP contribution >= 0.6 is 0 Å². The summed E-state index contributed by atoms with van der Waals surface area (Å²) >= 11 is 0. The van der Waals surface area contributed by atoms with Crippen molar-refractivity contribution in [3.63, 3.8) is 0 Å². The van der Waals surface area contributed by atoms with Crippen molar-refractivity contribution >= 4 is 17.6 Å². The Morgan fingerprint density at radius 3 is 2.15 bits per heavy atom. The molecule has 1 amide bonds. The lowest BCUT2D eigenvalue weighted by Gasteiger charge is -2.50. The standard InChI is InChI=1S/C14H20N4O8/c1-12(2,3)26-11(19)16-7-13(20,21)17(14(22,23)8-16)9-4-5-10(15-6-9)18(24)25/h4-6,20-23H,7-8H2,1-3H3. The number of piperazine rings is 1. The van der Waals surface area contributed by atoms with Gasteiger partial charge in [-0.3, -0.25) is 9.80 Å². The smallest absolute Gasteiger partial charge is 0.410 e. The van der Waals surface area contributed by atoms with Crippen LogP contribution in [0.5, 0.6) is 0 Å². The van der Waals surface area contributed by atoms with Gasteiger partial charge in [-0.25, -0.2) is 4.79 Å². The van der Waals surface area contributed by atoms with Gasteiger partial charge in [0.15, 0.2) is 6.20 Å². The molecule has 2 rings (SSSR count). The van der Waals surface area contributed by atoms with Gasteiger partial charge in [0, 0.05) is 6.07 Å². The van der Waals surface area contributed by atoms with E-state index < -0.39 is 47.3 Å². The van der Waals surface area contributed by atoms with Crippen LogP contribution in [0.2, 0.25) is 0 Å². The summed E-state index contributed by atoms with van der Waals surface area (Å²) in [6.45, 7) is 3.32. The zero-order chi connectivity index (χ0) is 19.9. The van der Waals surface area contributed by atoms with Crippen LogP contribution in [-0.4, -0.2) is 71.8 Å². The molecular formula is C14H20N4O8. The minimum absolute atomic E-state index is 0.213. The number of nitro groups is 1. The van der Waals surface area contributed by atoms with E-state index in [9.17, 15) is 35.3 Å². The number of carbonyl (C=O) groups excluding carboxylic acids is 1. The molecule has 0 atom stereocenters. The highest BCUT2D eigenvalue weighted by Gasteiger charge is 2.54. The van der Waals surface area contributed by atoms with Gasteiger partial charge in [-0.1, -0.05) is 0 Å². The first-order valence-corrected chi connectivity index (χ1v) is 7.51. The number of amides is 1. The quantitative estimate of drug-likeness (QED) is 0.296. The molecule has 0 unspecified atom stereocenters. The average molecular weight is 372 g/mol. The number of nitrogens with zero attached hydrogens (tertiary/aromatic N) is 4. The summed E-state index contributed by atoms with van der Waals surface area (Å²) in [5, 5.41) is 51.7. The van der Waals surface area contributed by atoms with Gasteiger partial charge in [-0.2, -0.15) is 0 Å². The fourth-order valence-electron chi connectivity index (χ4n) is 2.48. The first-order chi connectivity index (χ1) is 11.7. The number of aliphatic hydroxyl groups is 4. The molecule has 4 N–H and O–H groups in total. The second-order valence-corrected chi connectivity index (χ2v) is 6.85. The molecule has 1 aromatic heterocycles. The van der Waals surface area contributed by atoms with E-state index in [2.05, 4.69) is 4.98 Å². The van der Waals surface area contributed by atoms with Crippen LogP contribution in [0, 0.1) is 10.1 Å². The molecule has 2 heterocycles. The van der Waals surface area contributed by atoms with Gasteiger partial charge >= 0.3 is 11.9 Å². The lowest BCUT2D eigenvalue weighted by Crippen LogP contribution is -2.74. The maximum atomic E-state index is 12.1. The number of carbonyl (C=O) groups is 1. The molecule has 0 radical (unpaired) electrons. The number of aromatic nitrogens is 1. The molecule has 0 aromatic carbocycles. The second kappa shape index (κ2) is 6.32. The Bertz CT molecular complexity index is 680. The van der Waals surface area contributed by atoms with Gasteiger partial charge in [0.25, 0.3) is 11.8 Å². The van der Waals surface area contributed by atoms with E-state index in [1.165, 1.54) is 0 Å². The molecule has 12 heteroatoms. The fourth-order valence-corrected chi connectivity index (χ4v) is 2.48. The van der Waals surface area contributed by atoms with E-state index in [1.807, 2.05) is 0 Å². The molecule has 144 valence electrons. The van der Waals surface area contributed by atoms with Gasteiger partial charge in [-0.05, 0) is 36.7 Å². The van der Waals surface area contributed by atoms with E-state index in [1.54, 1.807) is 20.8 Å². The molecule has 1 aromatic rings. The number of anilines is 1. The predicted molar refractivity (Wildman–Crippen MR) is 85.5 cm³/mol.